The summed E-state index contributed by atoms with van der Waals surface area (Å²) in [5.41, 5.74) is 0. The van der Waals surface area contributed by atoms with Gasteiger partial charge in [0, 0.05) is 25.2 Å². The fourth-order valence-electron chi connectivity index (χ4n) is 0.686. The van der Waals surface area contributed by atoms with Crippen molar-refractivity contribution in [3.63, 3.8) is 0 Å². The number of aliphatic hydroxyl groups is 1. The Labute approximate surface area is 70.4 Å². The Hall–Kier alpha value is -0.480. The zero-order chi connectivity index (χ0) is 8.27. The number of aliphatic hydroxyl groups excluding tert-OH is 1. The molecule has 0 saturated carbocycles. The van der Waals surface area contributed by atoms with Gasteiger partial charge in [-0.1, -0.05) is 11.8 Å². The Balaban J connectivity index is 2.44. The molecular formula is C7H12N2OS. The average molecular weight is 172 g/mol. The minimum absolute atomic E-state index is 0.267. The van der Waals surface area contributed by atoms with E-state index in [2.05, 4.69) is 4.98 Å². The number of rotatable bonds is 3. The summed E-state index contributed by atoms with van der Waals surface area (Å²) >= 11 is 1.56. The molecule has 1 atom stereocenters. The van der Waals surface area contributed by atoms with Crippen LogP contribution in [0.25, 0.3) is 0 Å². The van der Waals surface area contributed by atoms with E-state index in [0.717, 1.165) is 5.16 Å². The van der Waals surface area contributed by atoms with E-state index in [4.69, 9.17) is 5.11 Å². The number of nitrogens with zero attached hydrogens (tertiary/aromatic N) is 2. The summed E-state index contributed by atoms with van der Waals surface area (Å²) < 4.78 is 1.94. The monoisotopic (exact) mass is 172 g/mol. The lowest BCUT2D eigenvalue weighted by atomic mass is 10.5. The first-order valence-corrected chi connectivity index (χ1v) is 4.47. The molecule has 0 amide bonds. The van der Waals surface area contributed by atoms with Crippen LogP contribution < -0.4 is 0 Å². The van der Waals surface area contributed by atoms with Crippen LogP contribution in [-0.2, 0) is 7.05 Å². The molecule has 1 aromatic heterocycles. The Bertz CT molecular complexity index is 222. The molecule has 0 aliphatic carbocycles. The number of hydrogen-bond acceptors (Lipinski definition) is 3. The number of imidazole rings is 1. The quantitative estimate of drug-likeness (QED) is 0.688. The summed E-state index contributed by atoms with van der Waals surface area (Å²) in [5.74, 6) is 0.699. The summed E-state index contributed by atoms with van der Waals surface area (Å²) in [4.78, 5) is 4.10. The van der Waals surface area contributed by atoms with Crippen molar-refractivity contribution in [2.24, 2.45) is 7.05 Å². The highest BCUT2D eigenvalue weighted by Crippen LogP contribution is 2.14. The van der Waals surface area contributed by atoms with E-state index in [1.807, 2.05) is 17.8 Å². The van der Waals surface area contributed by atoms with Gasteiger partial charge >= 0.3 is 0 Å². The van der Waals surface area contributed by atoms with Gasteiger partial charge in [-0.2, -0.15) is 0 Å². The van der Waals surface area contributed by atoms with Gasteiger partial charge in [-0.25, -0.2) is 4.98 Å². The fraction of sp³-hybridized carbons (Fsp3) is 0.571. The molecular weight excluding hydrogens is 160 g/mol. The minimum Gasteiger partial charge on any atom is -0.393 e. The molecule has 3 nitrogen and oxygen atoms in total. The summed E-state index contributed by atoms with van der Waals surface area (Å²) in [5, 5.41) is 9.93. The topological polar surface area (TPSA) is 38.1 Å². The molecule has 0 saturated heterocycles. The molecule has 11 heavy (non-hydrogen) atoms. The third kappa shape index (κ3) is 2.55. The van der Waals surface area contributed by atoms with Crippen LogP contribution >= 0.6 is 11.8 Å². The maximum atomic E-state index is 8.98. The number of aromatic nitrogens is 2. The smallest absolute Gasteiger partial charge is 0.167 e. The first kappa shape index (κ1) is 8.62. The molecule has 0 aromatic carbocycles. The number of aryl methyl sites for hydroxylation is 1. The predicted octanol–water partition coefficient (Wildman–Crippen LogP) is 0.893. The molecule has 0 fully saturated rings. The van der Waals surface area contributed by atoms with Crippen molar-refractivity contribution in [3.8, 4) is 0 Å². The Morgan fingerprint density at radius 3 is 3.00 bits per heavy atom. The van der Waals surface area contributed by atoms with Gasteiger partial charge in [0.25, 0.3) is 0 Å². The molecule has 1 heterocycles. The molecule has 0 aliphatic heterocycles. The van der Waals surface area contributed by atoms with Crippen LogP contribution in [0.3, 0.4) is 0 Å². The zero-order valence-corrected chi connectivity index (χ0v) is 7.51. The second-order valence-electron chi connectivity index (χ2n) is 2.48. The van der Waals surface area contributed by atoms with Gasteiger partial charge < -0.3 is 9.67 Å². The van der Waals surface area contributed by atoms with E-state index in [0.29, 0.717) is 5.75 Å². The van der Waals surface area contributed by atoms with Crippen molar-refractivity contribution in [2.45, 2.75) is 18.2 Å². The SMILES string of the molecule is CC(O)CSc1nccn1C. The normalized spacial score (nSPS) is 13.4. The first-order valence-electron chi connectivity index (χ1n) is 3.48. The third-order valence-corrected chi connectivity index (χ3v) is 2.53. The summed E-state index contributed by atoms with van der Waals surface area (Å²) in [7, 11) is 1.94. The van der Waals surface area contributed by atoms with Gasteiger partial charge in [0.2, 0.25) is 0 Å². The van der Waals surface area contributed by atoms with E-state index < -0.39 is 0 Å². The van der Waals surface area contributed by atoms with Gasteiger partial charge in [-0.3, -0.25) is 0 Å². The Morgan fingerprint density at radius 1 is 1.82 bits per heavy atom. The van der Waals surface area contributed by atoms with E-state index in [1.165, 1.54) is 0 Å². The second kappa shape index (κ2) is 3.78. The van der Waals surface area contributed by atoms with Crippen molar-refractivity contribution in [1.29, 1.82) is 0 Å². The van der Waals surface area contributed by atoms with Crippen molar-refractivity contribution in [3.05, 3.63) is 12.4 Å². The molecule has 1 aromatic rings. The van der Waals surface area contributed by atoms with Gasteiger partial charge in [0.1, 0.15) is 0 Å². The predicted molar refractivity (Wildman–Crippen MR) is 45.6 cm³/mol. The summed E-state index contributed by atoms with van der Waals surface area (Å²) in [6, 6.07) is 0. The minimum atomic E-state index is -0.267. The van der Waals surface area contributed by atoms with Crippen LogP contribution in [0.1, 0.15) is 6.92 Å². The largest absolute Gasteiger partial charge is 0.393 e. The lowest BCUT2D eigenvalue weighted by Crippen LogP contribution is -2.03. The average Bonchev–Trinajstić information content (AvgIpc) is 2.31. The lowest BCUT2D eigenvalue weighted by Gasteiger charge is -2.02. The number of thioether (sulfide) groups is 1. The molecule has 1 N–H and O–H groups in total. The first-order chi connectivity index (χ1) is 5.20. The maximum absolute atomic E-state index is 8.98. The Morgan fingerprint density at radius 2 is 2.55 bits per heavy atom. The standard InChI is InChI=1S/C7H12N2OS/c1-6(10)5-11-7-8-3-4-9(7)2/h3-4,6,10H,5H2,1-2H3. The van der Waals surface area contributed by atoms with Gasteiger partial charge in [0.05, 0.1) is 6.10 Å². The fourth-order valence-corrected chi connectivity index (χ4v) is 1.48. The van der Waals surface area contributed by atoms with Crippen LogP contribution in [-0.4, -0.2) is 26.5 Å². The van der Waals surface area contributed by atoms with Crippen LogP contribution in [0.2, 0.25) is 0 Å². The Kier molecular flexibility index (Phi) is 2.96. The van der Waals surface area contributed by atoms with E-state index in [1.54, 1.807) is 24.9 Å². The highest BCUT2D eigenvalue weighted by molar-refractivity contribution is 7.99. The van der Waals surface area contributed by atoms with E-state index in [9.17, 15) is 0 Å². The molecule has 4 heteroatoms. The van der Waals surface area contributed by atoms with Gasteiger partial charge in [0.15, 0.2) is 5.16 Å². The van der Waals surface area contributed by atoms with E-state index >= 15 is 0 Å². The molecule has 0 radical (unpaired) electrons. The molecule has 1 unspecified atom stereocenters. The molecule has 62 valence electrons. The van der Waals surface area contributed by atoms with Crippen LogP contribution in [0, 0.1) is 0 Å². The second-order valence-corrected chi connectivity index (χ2v) is 3.47. The van der Waals surface area contributed by atoms with Gasteiger partial charge in [-0.15, -0.1) is 0 Å². The molecule has 0 spiro atoms. The summed E-state index contributed by atoms with van der Waals surface area (Å²) in [6.07, 6.45) is 3.38. The van der Waals surface area contributed by atoms with Crippen molar-refractivity contribution >= 4 is 11.8 Å². The molecule has 0 bridgehead atoms. The highest BCUT2D eigenvalue weighted by atomic mass is 32.2. The molecule has 1 rings (SSSR count). The third-order valence-electron chi connectivity index (χ3n) is 1.23. The van der Waals surface area contributed by atoms with Crippen LogP contribution in [0.5, 0.6) is 0 Å². The lowest BCUT2D eigenvalue weighted by molar-refractivity contribution is 0.220. The zero-order valence-electron chi connectivity index (χ0n) is 6.69. The van der Waals surface area contributed by atoms with Crippen LogP contribution in [0.15, 0.2) is 17.6 Å². The van der Waals surface area contributed by atoms with Crippen molar-refractivity contribution in [2.75, 3.05) is 5.75 Å². The van der Waals surface area contributed by atoms with E-state index in [-0.39, 0.29) is 6.10 Å². The van der Waals surface area contributed by atoms with Gasteiger partial charge in [-0.05, 0) is 6.92 Å². The maximum Gasteiger partial charge on any atom is 0.167 e. The number of hydrogen-bond donors (Lipinski definition) is 1. The summed E-state index contributed by atoms with van der Waals surface area (Å²) in [6.45, 7) is 1.77. The molecule has 0 aliphatic rings. The van der Waals surface area contributed by atoms with Crippen molar-refractivity contribution in [1.82, 2.24) is 9.55 Å². The van der Waals surface area contributed by atoms with Crippen LogP contribution in [0.4, 0.5) is 0 Å². The highest BCUT2D eigenvalue weighted by Gasteiger charge is 2.01. The van der Waals surface area contributed by atoms with Crippen molar-refractivity contribution < 1.29 is 5.11 Å².